The van der Waals surface area contributed by atoms with E-state index in [0.717, 1.165) is 41.8 Å². The maximum atomic E-state index is 13.3. The molecule has 3 aromatic rings. The molecule has 0 N–H and O–H groups in total. The van der Waals surface area contributed by atoms with Gasteiger partial charge in [-0.2, -0.15) is 5.10 Å². The van der Waals surface area contributed by atoms with Crippen LogP contribution < -0.4 is 0 Å². The van der Waals surface area contributed by atoms with E-state index in [2.05, 4.69) is 31.9 Å². The second-order valence-electron chi connectivity index (χ2n) is 11.0. The molecule has 0 fully saturated rings. The van der Waals surface area contributed by atoms with Gasteiger partial charge in [0.05, 0.1) is 28.8 Å². The van der Waals surface area contributed by atoms with E-state index >= 15 is 0 Å². The van der Waals surface area contributed by atoms with Crippen LogP contribution in [-0.2, 0) is 11.2 Å². The zero-order valence-corrected chi connectivity index (χ0v) is 21.8. The zero-order chi connectivity index (χ0) is 26.0. The first-order valence-corrected chi connectivity index (χ1v) is 12.5. The van der Waals surface area contributed by atoms with Crippen molar-refractivity contribution in [2.75, 3.05) is 0 Å². The topological polar surface area (TPSA) is 64.8 Å². The molecule has 4 rings (SSSR count). The summed E-state index contributed by atoms with van der Waals surface area (Å²) < 4.78 is 14.9. The Bertz CT molecular complexity index is 1310. The summed E-state index contributed by atoms with van der Waals surface area (Å²) in [6.07, 6.45) is 8.83. The lowest BCUT2D eigenvalue weighted by atomic mass is 9.79. The number of aryl methyl sites for hydroxylation is 1. The van der Waals surface area contributed by atoms with Crippen molar-refractivity contribution in [1.29, 1.82) is 0 Å². The first-order valence-electron chi connectivity index (χ1n) is 12.5. The number of Topliss-reactive ketones (excluding diaryl/α,β-unsaturated/α-hetero) is 2. The summed E-state index contributed by atoms with van der Waals surface area (Å²) in [6.45, 7) is 10.2. The molecule has 5 nitrogen and oxygen atoms in total. The predicted molar refractivity (Wildman–Crippen MR) is 140 cm³/mol. The molecule has 6 heteroatoms. The van der Waals surface area contributed by atoms with Crippen LogP contribution in [0, 0.1) is 31.0 Å². The summed E-state index contributed by atoms with van der Waals surface area (Å²) in [4.78, 5) is 30.4. The fourth-order valence-electron chi connectivity index (χ4n) is 4.88. The molecule has 0 saturated heterocycles. The number of benzene rings is 1. The van der Waals surface area contributed by atoms with Gasteiger partial charge in [-0.15, -0.1) is 0 Å². The Hall–Kier alpha value is -3.41. The van der Waals surface area contributed by atoms with Gasteiger partial charge in [-0.1, -0.05) is 32.9 Å². The highest BCUT2D eigenvalue weighted by Crippen LogP contribution is 2.34. The number of nitrogens with zero attached hydrogens (tertiary/aromatic N) is 3. The van der Waals surface area contributed by atoms with Crippen LogP contribution >= 0.6 is 0 Å². The molecule has 36 heavy (non-hydrogen) atoms. The van der Waals surface area contributed by atoms with Crippen molar-refractivity contribution >= 4 is 17.1 Å². The number of halogens is 1. The van der Waals surface area contributed by atoms with E-state index in [1.807, 2.05) is 19.9 Å². The van der Waals surface area contributed by atoms with Crippen LogP contribution in [0.25, 0.3) is 11.3 Å². The van der Waals surface area contributed by atoms with Crippen molar-refractivity contribution in [3.05, 3.63) is 82.7 Å². The number of hydrogen-bond acceptors (Lipinski definition) is 4. The minimum atomic E-state index is -0.316. The molecule has 1 aliphatic rings. The van der Waals surface area contributed by atoms with Crippen molar-refractivity contribution in [3.8, 4) is 5.69 Å². The number of ketones is 2. The van der Waals surface area contributed by atoms with Gasteiger partial charge in [0.1, 0.15) is 11.6 Å². The number of aromatic nitrogens is 3. The average molecular weight is 488 g/mol. The molecule has 1 aromatic carbocycles. The summed E-state index contributed by atoms with van der Waals surface area (Å²) in [6, 6.07) is 8.05. The molecule has 0 amide bonds. The van der Waals surface area contributed by atoms with E-state index in [0.29, 0.717) is 23.5 Å². The Morgan fingerprint density at radius 3 is 2.44 bits per heavy atom. The number of rotatable bonds is 7. The molecule has 188 valence electrons. The van der Waals surface area contributed by atoms with E-state index in [9.17, 15) is 14.0 Å². The summed E-state index contributed by atoms with van der Waals surface area (Å²) in [7, 11) is 0. The summed E-state index contributed by atoms with van der Waals surface area (Å²) in [5.74, 6) is 0.106. The Kier molecular flexibility index (Phi) is 7.34. The molecule has 2 aromatic heterocycles. The van der Waals surface area contributed by atoms with Gasteiger partial charge in [0.15, 0.2) is 5.78 Å². The highest BCUT2D eigenvalue weighted by molar-refractivity contribution is 5.98. The van der Waals surface area contributed by atoms with Gasteiger partial charge in [0, 0.05) is 25.0 Å². The van der Waals surface area contributed by atoms with Crippen LogP contribution in [0.2, 0.25) is 0 Å². The number of pyridine rings is 1. The van der Waals surface area contributed by atoms with E-state index < -0.39 is 0 Å². The smallest absolute Gasteiger partial charge is 0.170 e. The minimum absolute atomic E-state index is 0.0185. The van der Waals surface area contributed by atoms with Crippen molar-refractivity contribution in [3.63, 3.8) is 0 Å². The fourth-order valence-corrected chi connectivity index (χ4v) is 4.88. The summed E-state index contributed by atoms with van der Waals surface area (Å²) in [5, 5.41) is 4.34. The predicted octanol–water partition coefficient (Wildman–Crippen LogP) is 6.64. The third-order valence-corrected chi connectivity index (χ3v) is 6.76. The van der Waals surface area contributed by atoms with Crippen LogP contribution in [0.1, 0.15) is 79.3 Å². The molecule has 0 bridgehead atoms. The second kappa shape index (κ2) is 10.3. The van der Waals surface area contributed by atoms with Crippen LogP contribution in [0.15, 0.2) is 48.8 Å². The molecule has 0 saturated carbocycles. The van der Waals surface area contributed by atoms with Crippen molar-refractivity contribution in [1.82, 2.24) is 14.8 Å². The van der Waals surface area contributed by atoms with E-state index in [-0.39, 0.29) is 29.4 Å². The minimum Gasteiger partial charge on any atom is -0.299 e. The van der Waals surface area contributed by atoms with Crippen molar-refractivity contribution in [2.45, 2.75) is 66.7 Å². The first-order chi connectivity index (χ1) is 17.0. The fraction of sp³-hybridized carbons (Fsp3) is 0.400. The summed E-state index contributed by atoms with van der Waals surface area (Å²) >= 11 is 0. The lowest BCUT2D eigenvalue weighted by Gasteiger charge is -2.25. The first kappa shape index (κ1) is 25.7. The average Bonchev–Trinajstić information content (AvgIpc) is 3.20. The van der Waals surface area contributed by atoms with Crippen LogP contribution in [0.3, 0.4) is 0 Å². The second-order valence-corrected chi connectivity index (χ2v) is 11.0. The zero-order valence-electron chi connectivity index (χ0n) is 21.8. The van der Waals surface area contributed by atoms with Gasteiger partial charge in [0.2, 0.25) is 0 Å². The molecule has 0 radical (unpaired) electrons. The highest BCUT2D eigenvalue weighted by Gasteiger charge is 2.26. The number of carbonyl (C=O) groups excluding carboxylic acids is 2. The van der Waals surface area contributed by atoms with Crippen LogP contribution in [0.5, 0.6) is 0 Å². The lowest BCUT2D eigenvalue weighted by molar-refractivity contribution is -0.124. The maximum absolute atomic E-state index is 13.3. The number of allylic oxidation sites excluding steroid dienone is 2. The molecule has 2 heterocycles. The molecule has 1 atom stereocenters. The molecule has 1 aliphatic carbocycles. The van der Waals surface area contributed by atoms with Crippen molar-refractivity contribution < 1.29 is 14.0 Å². The lowest BCUT2D eigenvalue weighted by Crippen LogP contribution is -2.22. The van der Waals surface area contributed by atoms with E-state index in [1.54, 1.807) is 29.2 Å². The molecular weight excluding hydrogens is 453 g/mol. The third-order valence-electron chi connectivity index (χ3n) is 6.76. The van der Waals surface area contributed by atoms with Crippen LogP contribution in [-0.4, -0.2) is 26.3 Å². The van der Waals surface area contributed by atoms with E-state index in [1.165, 1.54) is 17.7 Å². The van der Waals surface area contributed by atoms with Gasteiger partial charge in [0.25, 0.3) is 0 Å². The van der Waals surface area contributed by atoms with Crippen LogP contribution in [0.4, 0.5) is 4.39 Å². The molecule has 0 spiro atoms. The van der Waals surface area contributed by atoms with E-state index in [4.69, 9.17) is 4.98 Å². The maximum Gasteiger partial charge on any atom is 0.170 e. The Morgan fingerprint density at radius 2 is 1.83 bits per heavy atom. The van der Waals surface area contributed by atoms with Gasteiger partial charge >= 0.3 is 0 Å². The largest absolute Gasteiger partial charge is 0.299 e. The van der Waals surface area contributed by atoms with Gasteiger partial charge in [-0.25, -0.2) is 9.07 Å². The summed E-state index contributed by atoms with van der Waals surface area (Å²) in [5.41, 5.74) is 6.00. The Labute approximate surface area is 212 Å². The third kappa shape index (κ3) is 5.86. The normalized spacial score (nSPS) is 16.1. The van der Waals surface area contributed by atoms with Gasteiger partial charge in [-0.05, 0) is 79.5 Å². The Balaban J connectivity index is 1.44. The highest BCUT2D eigenvalue weighted by atomic mass is 19.1. The number of hydrogen-bond donors (Lipinski definition) is 0. The van der Waals surface area contributed by atoms with Gasteiger partial charge in [-0.3, -0.25) is 14.6 Å². The quantitative estimate of drug-likeness (QED) is 0.351. The SMILES string of the molecule is Cc1cc(CC(=O)c2cnn(-c3ccc(F)cc3)c2C)cnc1C1=CCC(C(=O)CC(C)(C)C)CC1. The number of carbonyl (C=O) groups is 2. The monoisotopic (exact) mass is 487 g/mol. The molecular formula is C30H34FN3O2. The van der Waals surface area contributed by atoms with Crippen molar-refractivity contribution in [2.24, 2.45) is 11.3 Å². The van der Waals surface area contributed by atoms with Gasteiger partial charge < -0.3 is 0 Å². The Morgan fingerprint density at radius 1 is 1.11 bits per heavy atom. The molecule has 0 aliphatic heterocycles. The standard InChI is InChI=1S/C30H34FN3O2/c1-19-14-21(15-27(35)26-18-33-34(20(26)2)25-12-10-24(31)11-13-25)17-32-29(19)23-8-6-22(7-9-23)28(36)16-30(3,4)5/h8,10-14,17-18,22H,6-7,9,15-16H2,1-5H3. The molecule has 1 unspecified atom stereocenters.